The minimum Gasteiger partial charge on any atom is -0.454 e. The number of likely N-dealkylation sites (N-methyl/N-ethyl adjacent to an activating group) is 1. The smallest absolute Gasteiger partial charge is 0.231 e. The van der Waals surface area contributed by atoms with E-state index in [-0.39, 0.29) is 13.4 Å². The van der Waals surface area contributed by atoms with Gasteiger partial charge in [-0.3, -0.25) is 0 Å². The van der Waals surface area contributed by atoms with Crippen LogP contribution in [0, 0.1) is 0 Å². The van der Waals surface area contributed by atoms with Gasteiger partial charge in [-0.15, -0.1) is 0 Å². The van der Waals surface area contributed by atoms with Crippen molar-refractivity contribution in [3.63, 3.8) is 0 Å². The molecular weight excluding hydrogens is 232 g/mol. The number of ether oxygens (including phenoxy) is 2. The number of nitrogens with zero attached hydrogens (tertiary/aromatic N) is 2. The second-order valence-electron chi connectivity index (χ2n) is 4.21. The number of fused-ring (bicyclic) bond motifs is 2. The second-order valence-corrected chi connectivity index (χ2v) is 4.21. The Hall–Kier alpha value is -2.01. The second kappa shape index (κ2) is 4.34. The van der Waals surface area contributed by atoms with Crippen molar-refractivity contribution in [1.82, 2.24) is 4.98 Å². The normalized spacial score (nSPS) is 13.0. The number of aromatic nitrogens is 1. The molecule has 0 spiro atoms. The molecule has 0 atom stereocenters. The Balaban J connectivity index is 2.15. The maximum Gasteiger partial charge on any atom is 0.231 e. The summed E-state index contributed by atoms with van der Waals surface area (Å²) in [6.07, 6.45) is 1.76. The van der Waals surface area contributed by atoms with Gasteiger partial charge in [0.1, 0.15) is 5.82 Å². The Morgan fingerprint density at radius 3 is 2.89 bits per heavy atom. The van der Waals surface area contributed by atoms with Crippen LogP contribution in [0.15, 0.2) is 24.4 Å². The van der Waals surface area contributed by atoms with E-state index in [2.05, 4.69) is 4.98 Å². The number of pyridine rings is 1. The molecule has 1 aliphatic rings. The van der Waals surface area contributed by atoms with E-state index in [0.29, 0.717) is 6.54 Å². The predicted molar refractivity (Wildman–Crippen MR) is 68.2 cm³/mol. The maximum absolute atomic E-state index is 9.01. The quantitative estimate of drug-likeness (QED) is 0.887. The lowest BCUT2D eigenvalue weighted by Gasteiger charge is -2.18. The first-order chi connectivity index (χ1) is 8.79. The van der Waals surface area contributed by atoms with Crippen molar-refractivity contribution in [3.8, 4) is 11.5 Å². The molecule has 1 N–H and O–H groups in total. The summed E-state index contributed by atoms with van der Waals surface area (Å²) in [6, 6.07) is 5.83. The molecule has 0 fully saturated rings. The topological polar surface area (TPSA) is 54.8 Å². The molecule has 1 aromatic heterocycles. The van der Waals surface area contributed by atoms with E-state index >= 15 is 0 Å². The molecular formula is C13H14N2O3. The van der Waals surface area contributed by atoms with Crippen LogP contribution in [0.25, 0.3) is 10.8 Å². The van der Waals surface area contributed by atoms with Crippen molar-refractivity contribution in [2.24, 2.45) is 0 Å². The minimum atomic E-state index is 0.0963. The standard InChI is InChI=1S/C13H14N2O3/c1-15(4-5-16)13-10-7-12-11(17-8-18-12)6-9(10)2-3-14-13/h2-3,6-7,16H,4-5,8H2,1H3. The molecule has 2 heterocycles. The average Bonchev–Trinajstić information content (AvgIpc) is 2.82. The zero-order valence-electron chi connectivity index (χ0n) is 10.1. The summed E-state index contributed by atoms with van der Waals surface area (Å²) in [7, 11) is 1.91. The molecule has 0 bridgehead atoms. The van der Waals surface area contributed by atoms with Crippen molar-refractivity contribution >= 4 is 16.6 Å². The van der Waals surface area contributed by atoms with Gasteiger partial charge in [0.2, 0.25) is 6.79 Å². The Morgan fingerprint density at radius 1 is 1.33 bits per heavy atom. The molecule has 94 valence electrons. The highest BCUT2D eigenvalue weighted by Crippen LogP contribution is 2.38. The third-order valence-electron chi connectivity index (χ3n) is 3.03. The van der Waals surface area contributed by atoms with Gasteiger partial charge in [0.05, 0.1) is 6.61 Å². The van der Waals surface area contributed by atoms with Crippen LogP contribution in [0.5, 0.6) is 11.5 Å². The lowest BCUT2D eigenvalue weighted by atomic mass is 10.1. The first kappa shape index (κ1) is 11.1. The van der Waals surface area contributed by atoms with Crippen molar-refractivity contribution in [2.75, 3.05) is 31.9 Å². The largest absolute Gasteiger partial charge is 0.454 e. The molecule has 1 aromatic carbocycles. The Morgan fingerprint density at radius 2 is 2.11 bits per heavy atom. The van der Waals surface area contributed by atoms with Gasteiger partial charge in [0.15, 0.2) is 11.5 Å². The van der Waals surface area contributed by atoms with Gasteiger partial charge < -0.3 is 19.5 Å². The van der Waals surface area contributed by atoms with E-state index in [4.69, 9.17) is 14.6 Å². The maximum atomic E-state index is 9.01. The van der Waals surface area contributed by atoms with Gasteiger partial charge in [-0.1, -0.05) is 0 Å². The summed E-state index contributed by atoms with van der Waals surface area (Å²) in [4.78, 5) is 6.29. The summed E-state index contributed by atoms with van der Waals surface area (Å²) in [5.41, 5.74) is 0. The molecule has 1 aliphatic heterocycles. The van der Waals surface area contributed by atoms with E-state index in [1.807, 2.05) is 30.1 Å². The number of hydrogen-bond acceptors (Lipinski definition) is 5. The molecule has 5 heteroatoms. The molecule has 0 unspecified atom stereocenters. The molecule has 0 amide bonds. The van der Waals surface area contributed by atoms with Gasteiger partial charge in [-0.05, 0) is 23.6 Å². The highest BCUT2D eigenvalue weighted by Gasteiger charge is 2.16. The van der Waals surface area contributed by atoms with Crippen LogP contribution >= 0.6 is 0 Å². The lowest BCUT2D eigenvalue weighted by molar-refractivity contribution is 0.174. The van der Waals surface area contributed by atoms with Crippen LogP contribution in [0.1, 0.15) is 0 Å². The molecule has 3 rings (SSSR count). The van der Waals surface area contributed by atoms with Crippen LogP contribution in [0.2, 0.25) is 0 Å². The van der Waals surface area contributed by atoms with Crippen LogP contribution in [0.3, 0.4) is 0 Å². The van der Waals surface area contributed by atoms with Gasteiger partial charge >= 0.3 is 0 Å². The van der Waals surface area contributed by atoms with Crippen LogP contribution in [0.4, 0.5) is 5.82 Å². The van der Waals surface area contributed by atoms with Crippen molar-refractivity contribution < 1.29 is 14.6 Å². The number of anilines is 1. The highest BCUT2D eigenvalue weighted by atomic mass is 16.7. The third kappa shape index (κ3) is 1.73. The van der Waals surface area contributed by atoms with E-state index < -0.39 is 0 Å². The van der Waals surface area contributed by atoms with Crippen LogP contribution in [-0.4, -0.2) is 37.1 Å². The van der Waals surface area contributed by atoms with Crippen LogP contribution < -0.4 is 14.4 Å². The van der Waals surface area contributed by atoms with Crippen LogP contribution in [-0.2, 0) is 0 Å². The minimum absolute atomic E-state index is 0.0963. The predicted octanol–water partition coefficient (Wildman–Crippen LogP) is 1.39. The van der Waals surface area contributed by atoms with E-state index in [1.54, 1.807) is 6.20 Å². The molecule has 0 radical (unpaired) electrons. The summed E-state index contributed by atoms with van der Waals surface area (Å²) in [6.45, 7) is 0.903. The zero-order valence-corrected chi connectivity index (χ0v) is 10.1. The lowest BCUT2D eigenvalue weighted by Crippen LogP contribution is -2.22. The first-order valence-electron chi connectivity index (χ1n) is 5.80. The fourth-order valence-corrected chi connectivity index (χ4v) is 2.11. The third-order valence-corrected chi connectivity index (χ3v) is 3.03. The van der Waals surface area contributed by atoms with Gasteiger partial charge in [0.25, 0.3) is 0 Å². The Kier molecular flexibility index (Phi) is 2.68. The summed E-state index contributed by atoms with van der Waals surface area (Å²) in [5.74, 6) is 2.35. The molecule has 0 saturated carbocycles. The summed E-state index contributed by atoms with van der Waals surface area (Å²) < 4.78 is 10.7. The van der Waals surface area contributed by atoms with E-state index in [9.17, 15) is 0 Å². The van der Waals surface area contributed by atoms with Crippen molar-refractivity contribution in [2.45, 2.75) is 0 Å². The summed E-state index contributed by atoms with van der Waals surface area (Å²) >= 11 is 0. The average molecular weight is 246 g/mol. The number of aliphatic hydroxyl groups is 1. The van der Waals surface area contributed by atoms with E-state index in [1.165, 1.54) is 0 Å². The van der Waals surface area contributed by atoms with Gasteiger partial charge in [-0.2, -0.15) is 0 Å². The van der Waals surface area contributed by atoms with Crippen molar-refractivity contribution in [1.29, 1.82) is 0 Å². The fraction of sp³-hybridized carbons (Fsp3) is 0.308. The molecule has 0 aliphatic carbocycles. The highest BCUT2D eigenvalue weighted by molar-refractivity contribution is 5.94. The monoisotopic (exact) mass is 246 g/mol. The fourth-order valence-electron chi connectivity index (χ4n) is 2.11. The molecule has 5 nitrogen and oxygen atoms in total. The SMILES string of the molecule is CN(CCO)c1nccc2cc3c(cc12)OCO3. The molecule has 18 heavy (non-hydrogen) atoms. The van der Waals surface area contributed by atoms with Gasteiger partial charge in [-0.25, -0.2) is 4.98 Å². The number of hydrogen-bond donors (Lipinski definition) is 1. The zero-order chi connectivity index (χ0) is 12.5. The summed E-state index contributed by atoms with van der Waals surface area (Å²) in [5, 5.41) is 11.1. The van der Waals surface area contributed by atoms with Crippen molar-refractivity contribution in [3.05, 3.63) is 24.4 Å². The molecule has 0 saturated heterocycles. The van der Waals surface area contributed by atoms with Gasteiger partial charge in [0, 0.05) is 25.2 Å². The Bertz CT molecular complexity index is 586. The first-order valence-corrected chi connectivity index (χ1v) is 5.80. The Labute approximate surface area is 105 Å². The molecule has 2 aromatic rings. The number of rotatable bonds is 3. The number of aliphatic hydroxyl groups excluding tert-OH is 1. The number of benzene rings is 1. The van der Waals surface area contributed by atoms with E-state index in [0.717, 1.165) is 28.1 Å².